The van der Waals surface area contributed by atoms with Gasteiger partial charge in [0.05, 0.1) is 18.0 Å². The van der Waals surface area contributed by atoms with Gasteiger partial charge in [0.1, 0.15) is 5.75 Å². The number of aryl methyl sites for hydroxylation is 1. The average Bonchev–Trinajstić information content (AvgIpc) is 2.56. The average molecular weight is 369 g/mol. The monoisotopic (exact) mass is 369 g/mol. The Balaban J connectivity index is 1.97. The van der Waals surface area contributed by atoms with E-state index in [1.54, 1.807) is 32.2 Å². The van der Waals surface area contributed by atoms with E-state index in [-0.39, 0.29) is 16.8 Å². The molecular formula is C17H27N3O4S. The van der Waals surface area contributed by atoms with Crippen molar-refractivity contribution in [2.24, 2.45) is 0 Å². The van der Waals surface area contributed by atoms with Crippen molar-refractivity contribution >= 4 is 15.9 Å². The van der Waals surface area contributed by atoms with Crippen molar-refractivity contribution < 1.29 is 17.9 Å². The summed E-state index contributed by atoms with van der Waals surface area (Å²) in [5, 5.41) is 2.60. The number of ether oxygens (including phenoxy) is 1. The second-order valence-corrected chi connectivity index (χ2v) is 7.89. The van der Waals surface area contributed by atoms with E-state index >= 15 is 0 Å². The minimum absolute atomic E-state index is 0.0240. The van der Waals surface area contributed by atoms with Crippen LogP contribution in [0.2, 0.25) is 0 Å². The van der Waals surface area contributed by atoms with E-state index < -0.39 is 10.0 Å². The third kappa shape index (κ3) is 5.42. The molecule has 0 aromatic heterocycles. The minimum Gasteiger partial charge on any atom is -0.494 e. The van der Waals surface area contributed by atoms with Crippen molar-refractivity contribution in [1.29, 1.82) is 0 Å². The molecule has 0 saturated carbocycles. The van der Waals surface area contributed by atoms with Gasteiger partial charge in [-0.25, -0.2) is 13.1 Å². The molecule has 1 aliphatic heterocycles. The fourth-order valence-electron chi connectivity index (χ4n) is 2.95. The number of hydrogen-bond donors (Lipinski definition) is 2. The topological polar surface area (TPSA) is 87.7 Å². The smallest absolute Gasteiger partial charge is 0.241 e. The SMILES string of the molecule is CCOc1ccc(S(=O)(=O)NC2CCN(CC(=O)NC)CC2)c(C)c1. The zero-order chi connectivity index (χ0) is 18.4. The highest BCUT2D eigenvalue weighted by Gasteiger charge is 2.26. The van der Waals surface area contributed by atoms with Gasteiger partial charge in [-0.05, 0) is 50.5 Å². The molecule has 7 nitrogen and oxygen atoms in total. The molecule has 1 aromatic rings. The summed E-state index contributed by atoms with van der Waals surface area (Å²) in [5.41, 5.74) is 0.663. The van der Waals surface area contributed by atoms with Crippen molar-refractivity contribution in [3.05, 3.63) is 23.8 Å². The lowest BCUT2D eigenvalue weighted by molar-refractivity contribution is -0.122. The number of nitrogens with zero attached hydrogens (tertiary/aromatic N) is 1. The van der Waals surface area contributed by atoms with Crippen LogP contribution in [-0.2, 0) is 14.8 Å². The highest BCUT2D eigenvalue weighted by Crippen LogP contribution is 2.22. The second kappa shape index (κ2) is 8.64. The lowest BCUT2D eigenvalue weighted by Gasteiger charge is -2.31. The van der Waals surface area contributed by atoms with Crippen molar-refractivity contribution in [3.8, 4) is 5.75 Å². The molecule has 0 atom stereocenters. The fourth-order valence-corrected chi connectivity index (χ4v) is 4.49. The van der Waals surface area contributed by atoms with E-state index in [1.807, 2.05) is 11.8 Å². The minimum atomic E-state index is -3.57. The summed E-state index contributed by atoms with van der Waals surface area (Å²) < 4.78 is 33.5. The van der Waals surface area contributed by atoms with E-state index in [0.29, 0.717) is 50.4 Å². The number of amides is 1. The van der Waals surface area contributed by atoms with Gasteiger partial charge in [0.15, 0.2) is 0 Å². The molecule has 0 unspecified atom stereocenters. The fraction of sp³-hybridized carbons (Fsp3) is 0.588. The first kappa shape index (κ1) is 19.7. The summed E-state index contributed by atoms with van der Waals surface area (Å²) in [6, 6.07) is 4.89. The number of hydrogen-bond acceptors (Lipinski definition) is 5. The lowest BCUT2D eigenvalue weighted by Crippen LogP contribution is -2.47. The van der Waals surface area contributed by atoms with Crippen LogP contribution in [0.15, 0.2) is 23.1 Å². The molecule has 2 rings (SSSR count). The van der Waals surface area contributed by atoms with Gasteiger partial charge in [-0.1, -0.05) is 0 Å². The second-order valence-electron chi connectivity index (χ2n) is 6.21. The van der Waals surface area contributed by atoms with Crippen LogP contribution in [-0.4, -0.2) is 58.6 Å². The van der Waals surface area contributed by atoms with Gasteiger partial charge >= 0.3 is 0 Å². The van der Waals surface area contributed by atoms with E-state index in [9.17, 15) is 13.2 Å². The number of sulfonamides is 1. The van der Waals surface area contributed by atoms with Gasteiger partial charge in [0, 0.05) is 26.2 Å². The van der Waals surface area contributed by atoms with E-state index in [1.165, 1.54) is 0 Å². The van der Waals surface area contributed by atoms with Crippen LogP contribution in [0, 0.1) is 6.92 Å². The largest absolute Gasteiger partial charge is 0.494 e. The molecule has 1 heterocycles. The van der Waals surface area contributed by atoms with Crippen molar-refractivity contribution in [3.63, 3.8) is 0 Å². The van der Waals surface area contributed by atoms with Gasteiger partial charge in [-0.3, -0.25) is 9.69 Å². The van der Waals surface area contributed by atoms with Crippen LogP contribution >= 0.6 is 0 Å². The van der Waals surface area contributed by atoms with Crippen LogP contribution < -0.4 is 14.8 Å². The van der Waals surface area contributed by atoms with Crippen LogP contribution in [0.4, 0.5) is 0 Å². The molecule has 1 amide bonds. The number of nitrogens with one attached hydrogen (secondary N) is 2. The predicted octanol–water partition coefficient (Wildman–Crippen LogP) is 0.882. The molecule has 0 spiro atoms. The van der Waals surface area contributed by atoms with Gasteiger partial charge < -0.3 is 10.1 Å². The normalized spacial score (nSPS) is 16.6. The van der Waals surface area contributed by atoms with Gasteiger partial charge in [-0.15, -0.1) is 0 Å². The van der Waals surface area contributed by atoms with Crippen LogP contribution in [0.3, 0.4) is 0 Å². The highest BCUT2D eigenvalue weighted by molar-refractivity contribution is 7.89. The standard InChI is InChI=1S/C17H27N3O4S/c1-4-24-15-5-6-16(13(2)11-15)25(22,23)19-14-7-9-20(10-8-14)12-17(21)18-3/h5-6,11,14,19H,4,7-10,12H2,1-3H3,(H,18,21). The number of carbonyl (C=O) groups is 1. The number of piperidine rings is 1. The first-order valence-electron chi connectivity index (χ1n) is 8.54. The summed E-state index contributed by atoms with van der Waals surface area (Å²) in [6.07, 6.45) is 1.37. The van der Waals surface area contributed by atoms with Crippen LogP contribution in [0.5, 0.6) is 5.75 Å². The van der Waals surface area contributed by atoms with Crippen LogP contribution in [0.1, 0.15) is 25.3 Å². The number of likely N-dealkylation sites (tertiary alicyclic amines) is 1. The predicted molar refractivity (Wildman–Crippen MR) is 96.2 cm³/mol. The maximum atomic E-state index is 12.7. The summed E-state index contributed by atoms with van der Waals surface area (Å²) in [5.74, 6) is 0.644. The summed E-state index contributed by atoms with van der Waals surface area (Å²) in [6.45, 7) is 5.94. The number of rotatable bonds is 7. The molecule has 1 fully saturated rings. The van der Waals surface area contributed by atoms with E-state index in [2.05, 4.69) is 10.0 Å². The maximum Gasteiger partial charge on any atom is 0.241 e. The van der Waals surface area contributed by atoms with E-state index in [0.717, 1.165) is 0 Å². The Labute approximate surface area is 149 Å². The van der Waals surface area contributed by atoms with Crippen LogP contribution in [0.25, 0.3) is 0 Å². The van der Waals surface area contributed by atoms with Crippen molar-refractivity contribution in [2.45, 2.75) is 37.6 Å². The zero-order valence-corrected chi connectivity index (χ0v) is 15.9. The highest BCUT2D eigenvalue weighted by atomic mass is 32.2. The summed E-state index contributed by atoms with van der Waals surface area (Å²) >= 11 is 0. The Kier molecular flexibility index (Phi) is 6.80. The Bertz CT molecular complexity index is 698. The molecule has 140 valence electrons. The molecule has 25 heavy (non-hydrogen) atoms. The summed E-state index contributed by atoms with van der Waals surface area (Å²) in [4.78, 5) is 13.7. The van der Waals surface area contributed by atoms with Crippen molar-refractivity contribution in [1.82, 2.24) is 14.9 Å². The first-order chi connectivity index (χ1) is 11.9. The lowest BCUT2D eigenvalue weighted by atomic mass is 10.1. The molecule has 1 saturated heterocycles. The number of likely N-dealkylation sites (N-methyl/N-ethyl adjacent to an activating group) is 1. The first-order valence-corrected chi connectivity index (χ1v) is 10.0. The molecule has 0 bridgehead atoms. The quantitative estimate of drug-likeness (QED) is 0.745. The molecule has 0 aliphatic carbocycles. The molecule has 1 aromatic carbocycles. The maximum absolute atomic E-state index is 12.7. The number of carbonyl (C=O) groups excluding carboxylic acids is 1. The Morgan fingerprint density at radius 3 is 2.56 bits per heavy atom. The third-order valence-corrected chi connectivity index (χ3v) is 5.98. The third-order valence-electron chi connectivity index (χ3n) is 4.30. The number of benzene rings is 1. The molecule has 1 aliphatic rings. The molecule has 2 N–H and O–H groups in total. The molecule has 8 heteroatoms. The van der Waals surface area contributed by atoms with Gasteiger partial charge in [-0.2, -0.15) is 0 Å². The zero-order valence-electron chi connectivity index (χ0n) is 15.0. The van der Waals surface area contributed by atoms with E-state index in [4.69, 9.17) is 4.74 Å². The summed E-state index contributed by atoms with van der Waals surface area (Å²) in [7, 11) is -1.96. The van der Waals surface area contributed by atoms with Crippen molar-refractivity contribution in [2.75, 3.05) is 33.3 Å². The van der Waals surface area contributed by atoms with Gasteiger partial charge in [0.2, 0.25) is 15.9 Å². The Morgan fingerprint density at radius 2 is 2.00 bits per heavy atom. The van der Waals surface area contributed by atoms with Gasteiger partial charge in [0.25, 0.3) is 0 Å². The molecular weight excluding hydrogens is 342 g/mol. The molecule has 0 radical (unpaired) electrons. The Hall–Kier alpha value is -1.64. The Morgan fingerprint density at radius 1 is 1.32 bits per heavy atom.